The fourth-order valence-electron chi connectivity index (χ4n) is 3.81. The maximum absolute atomic E-state index is 14.9. The van der Waals surface area contributed by atoms with Gasteiger partial charge in [-0.25, -0.2) is 19.0 Å². The highest BCUT2D eigenvalue weighted by Crippen LogP contribution is 2.41. The van der Waals surface area contributed by atoms with E-state index in [2.05, 4.69) is 10.3 Å². The predicted molar refractivity (Wildman–Crippen MR) is 134 cm³/mol. The lowest BCUT2D eigenvalue weighted by Gasteiger charge is -2.26. The van der Waals surface area contributed by atoms with Crippen LogP contribution in [0.15, 0.2) is 30.5 Å². The van der Waals surface area contributed by atoms with Crippen LogP contribution in [0.4, 0.5) is 9.18 Å². The van der Waals surface area contributed by atoms with Crippen molar-refractivity contribution in [2.24, 2.45) is 0 Å². The molecule has 1 atom stereocenters. The van der Waals surface area contributed by atoms with Crippen LogP contribution in [0.3, 0.4) is 0 Å². The number of alkyl carbamates (subject to hydrolysis) is 1. The third-order valence-corrected chi connectivity index (χ3v) is 5.76. The molecule has 1 saturated carbocycles. The Morgan fingerprint density at radius 2 is 1.97 bits per heavy atom. The molecule has 0 aliphatic heterocycles. The first-order valence-corrected chi connectivity index (χ1v) is 12.1. The van der Waals surface area contributed by atoms with Crippen LogP contribution in [0, 0.1) is 12.7 Å². The molecule has 0 bridgehead atoms. The number of carbonyl (C=O) groups is 2. The number of amides is 1. The molecule has 36 heavy (non-hydrogen) atoms. The Bertz CT molecular complexity index is 1080. The number of carbonyl (C=O) groups excluding carboxylic acids is 2. The van der Waals surface area contributed by atoms with Gasteiger partial charge in [0.2, 0.25) is 0 Å². The number of rotatable bonds is 10. The molecular formula is C27H36FN3O5. The van der Waals surface area contributed by atoms with E-state index in [1.165, 1.54) is 19.4 Å². The molecule has 1 amide bonds. The maximum Gasteiger partial charge on any atom is 0.407 e. The fraction of sp³-hybridized carbons (Fsp3) is 0.519. The van der Waals surface area contributed by atoms with Gasteiger partial charge >= 0.3 is 12.1 Å². The molecule has 2 aromatic rings. The Morgan fingerprint density at radius 3 is 2.56 bits per heavy atom. The van der Waals surface area contributed by atoms with Gasteiger partial charge in [0.05, 0.1) is 13.3 Å². The number of esters is 1. The molecule has 1 unspecified atom stereocenters. The zero-order chi connectivity index (χ0) is 26.5. The van der Waals surface area contributed by atoms with Gasteiger partial charge in [-0.05, 0) is 82.3 Å². The first-order chi connectivity index (χ1) is 17.0. The number of likely N-dealkylation sites (N-methyl/N-ethyl adjacent to an activating group) is 1. The number of benzene rings is 1. The molecule has 1 aromatic heterocycles. The Morgan fingerprint density at radius 1 is 1.25 bits per heavy atom. The van der Waals surface area contributed by atoms with Gasteiger partial charge in [0.25, 0.3) is 0 Å². The number of hydrogen-bond acceptors (Lipinski definition) is 7. The summed E-state index contributed by atoms with van der Waals surface area (Å²) in [5.41, 5.74) is 1.70. The fourth-order valence-corrected chi connectivity index (χ4v) is 3.81. The number of pyridine rings is 1. The van der Waals surface area contributed by atoms with Gasteiger partial charge in [-0.3, -0.25) is 0 Å². The first kappa shape index (κ1) is 27.4. The van der Waals surface area contributed by atoms with Crippen LogP contribution in [-0.2, 0) is 9.47 Å². The quantitative estimate of drug-likeness (QED) is 0.469. The molecular weight excluding hydrogens is 465 g/mol. The van der Waals surface area contributed by atoms with Gasteiger partial charge in [-0.1, -0.05) is 12.1 Å². The average molecular weight is 502 g/mol. The summed E-state index contributed by atoms with van der Waals surface area (Å²) in [5, 5.41) is 2.74. The molecule has 1 aromatic carbocycles. The Kier molecular flexibility index (Phi) is 8.89. The monoisotopic (exact) mass is 501 g/mol. The number of methoxy groups -OCH3 is 1. The highest BCUT2D eigenvalue weighted by Gasteiger charge is 2.28. The molecule has 9 heteroatoms. The summed E-state index contributed by atoms with van der Waals surface area (Å²) in [6.45, 7) is 8.51. The van der Waals surface area contributed by atoms with Crippen molar-refractivity contribution in [1.29, 1.82) is 0 Å². The zero-order valence-corrected chi connectivity index (χ0v) is 21.9. The highest BCUT2D eigenvalue weighted by atomic mass is 19.1. The molecule has 1 fully saturated rings. The van der Waals surface area contributed by atoms with Crippen LogP contribution in [0.25, 0.3) is 0 Å². The first-order valence-electron chi connectivity index (χ1n) is 12.1. The lowest BCUT2D eigenvalue weighted by Crippen LogP contribution is -2.38. The zero-order valence-electron chi connectivity index (χ0n) is 21.9. The SMILES string of the molecule is COC(=O)c1ncc(OC(CN(C)CCNC(=O)OC(C)(C)C)c2ccc(C3CC3)c(F)c2)cc1C. The van der Waals surface area contributed by atoms with Crippen molar-refractivity contribution < 1.29 is 28.2 Å². The summed E-state index contributed by atoms with van der Waals surface area (Å²) >= 11 is 0. The van der Waals surface area contributed by atoms with Crippen molar-refractivity contribution >= 4 is 12.1 Å². The van der Waals surface area contributed by atoms with Crippen molar-refractivity contribution in [3.8, 4) is 5.75 Å². The van der Waals surface area contributed by atoms with Crippen molar-refractivity contribution in [2.75, 3.05) is 33.8 Å². The molecule has 196 valence electrons. The Balaban J connectivity index is 1.72. The summed E-state index contributed by atoms with van der Waals surface area (Å²) in [4.78, 5) is 30.0. The molecule has 1 aliphatic rings. The molecule has 0 spiro atoms. The maximum atomic E-state index is 14.9. The number of hydrogen-bond donors (Lipinski definition) is 1. The van der Waals surface area contributed by atoms with Crippen molar-refractivity contribution in [2.45, 2.75) is 58.2 Å². The van der Waals surface area contributed by atoms with Crippen molar-refractivity contribution in [3.63, 3.8) is 0 Å². The van der Waals surface area contributed by atoms with E-state index in [9.17, 15) is 14.0 Å². The Hall–Kier alpha value is -3.20. The van der Waals surface area contributed by atoms with E-state index in [0.717, 1.165) is 18.4 Å². The van der Waals surface area contributed by atoms with Gasteiger partial charge in [0, 0.05) is 19.6 Å². The molecule has 8 nitrogen and oxygen atoms in total. The number of nitrogens with one attached hydrogen (secondary N) is 1. The second-order valence-corrected chi connectivity index (χ2v) is 10.2. The van der Waals surface area contributed by atoms with Gasteiger partial charge < -0.3 is 24.4 Å². The van der Waals surface area contributed by atoms with E-state index in [4.69, 9.17) is 14.2 Å². The van der Waals surface area contributed by atoms with Crippen LogP contribution in [-0.4, -0.2) is 61.3 Å². The number of aryl methyl sites for hydroxylation is 1. The number of halogens is 1. The van der Waals surface area contributed by atoms with Crippen molar-refractivity contribution in [1.82, 2.24) is 15.2 Å². The Labute approximate surface area is 212 Å². The molecule has 3 rings (SSSR count). The standard InChI is InChI=1S/C27H36FN3O5/c1-17-13-20(15-30-24(17)25(32)34-6)35-23(19-9-10-21(18-7-8-18)22(28)14-19)16-31(5)12-11-29-26(33)36-27(2,3)4/h9-10,13-15,18,23H,7-8,11-12,16H2,1-6H3,(H,29,33). The predicted octanol–water partition coefficient (Wildman–Crippen LogP) is 4.77. The summed E-state index contributed by atoms with van der Waals surface area (Å²) < 4.78 is 31.1. The minimum absolute atomic E-state index is 0.214. The molecule has 0 radical (unpaired) electrons. The van der Waals surface area contributed by atoms with E-state index in [0.29, 0.717) is 42.4 Å². The van der Waals surface area contributed by atoms with E-state index >= 15 is 0 Å². The molecule has 1 aliphatic carbocycles. The lowest BCUT2D eigenvalue weighted by molar-refractivity contribution is 0.0520. The van der Waals surface area contributed by atoms with E-state index < -0.39 is 23.8 Å². The minimum Gasteiger partial charge on any atom is -0.483 e. The van der Waals surface area contributed by atoms with E-state index in [1.54, 1.807) is 13.0 Å². The molecule has 1 N–H and O–H groups in total. The van der Waals surface area contributed by atoms with Crippen molar-refractivity contribution in [3.05, 3.63) is 58.7 Å². The van der Waals surface area contributed by atoms with Crippen LogP contribution in [0.2, 0.25) is 0 Å². The van der Waals surface area contributed by atoms with E-state index in [-0.39, 0.29) is 11.5 Å². The third-order valence-electron chi connectivity index (χ3n) is 5.76. The second-order valence-electron chi connectivity index (χ2n) is 10.2. The van der Waals surface area contributed by atoms with Gasteiger partial charge in [-0.15, -0.1) is 0 Å². The second kappa shape index (κ2) is 11.7. The van der Waals surface area contributed by atoms with Crippen LogP contribution in [0.5, 0.6) is 5.75 Å². The van der Waals surface area contributed by atoms with Gasteiger partial charge in [0.1, 0.15) is 23.3 Å². The van der Waals surface area contributed by atoms with Gasteiger partial charge in [-0.2, -0.15) is 0 Å². The van der Waals surface area contributed by atoms with Crippen LogP contribution in [0.1, 0.15) is 72.8 Å². The minimum atomic E-state index is -0.568. The topological polar surface area (TPSA) is 90.0 Å². The number of ether oxygens (including phenoxy) is 3. The molecule has 0 saturated heterocycles. The summed E-state index contributed by atoms with van der Waals surface area (Å²) in [5.74, 6) is 0.00796. The summed E-state index contributed by atoms with van der Waals surface area (Å²) in [6.07, 6.45) is 2.51. The van der Waals surface area contributed by atoms with Crippen LogP contribution >= 0.6 is 0 Å². The summed E-state index contributed by atoms with van der Waals surface area (Å²) in [6, 6.07) is 6.99. The lowest BCUT2D eigenvalue weighted by atomic mass is 10.0. The normalized spacial score (nSPS) is 14.3. The largest absolute Gasteiger partial charge is 0.483 e. The smallest absolute Gasteiger partial charge is 0.407 e. The molecule has 1 heterocycles. The highest BCUT2D eigenvalue weighted by molar-refractivity contribution is 5.88. The van der Waals surface area contributed by atoms with Crippen LogP contribution < -0.4 is 10.1 Å². The van der Waals surface area contributed by atoms with E-state index in [1.807, 2.05) is 44.9 Å². The average Bonchev–Trinajstić information content (AvgIpc) is 3.62. The summed E-state index contributed by atoms with van der Waals surface area (Å²) in [7, 11) is 3.20. The third kappa shape index (κ3) is 7.91. The number of aromatic nitrogens is 1. The van der Waals surface area contributed by atoms with Gasteiger partial charge in [0.15, 0.2) is 5.69 Å². The number of nitrogens with zero attached hydrogens (tertiary/aromatic N) is 2.